The van der Waals surface area contributed by atoms with E-state index in [1.165, 1.54) is 0 Å². The van der Waals surface area contributed by atoms with Crippen LogP contribution in [-0.2, 0) is 4.79 Å². The number of rotatable bonds is 6. The van der Waals surface area contributed by atoms with E-state index in [9.17, 15) is 9.59 Å². The minimum atomic E-state index is -0.374. The third-order valence-electron chi connectivity index (χ3n) is 2.82. The van der Waals surface area contributed by atoms with Gasteiger partial charge in [0, 0.05) is 23.3 Å². The van der Waals surface area contributed by atoms with Gasteiger partial charge in [-0.25, -0.2) is 0 Å². The zero-order valence-corrected chi connectivity index (χ0v) is 12.9. The van der Waals surface area contributed by atoms with Crippen molar-refractivity contribution in [3.8, 4) is 5.75 Å². The van der Waals surface area contributed by atoms with Crippen LogP contribution in [0.3, 0.4) is 0 Å². The largest absolute Gasteiger partial charge is 0.497 e. The van der Waals surface area contributed by atoms with Crippen molar-refractivity contribution in [3.63, 3.8) is 0 Å². The lowest BCUT2D eigenvalue weighted by atomic mass is 10.3. The fourth-order valence-electron chi connectivity index (χ4n) is 1.66. The van der Waals surface area contributed by atoms with E-state index < -0.39 is 0 Å². The molecule has 0 fully saturated rings. The summed E-state index contributed by atoms with van der Waals surface area (Å²) in [7, 11) is 1.62. The maximum Gasteiger partial charge on any atom is 0.286 e. The van der Waals surface area contributed by atoms with Crippen LogP contribution < -0.4 is 15.6 Å². The Bertz CT molecular complexity index is 611. The number of aromatic nitrogens is 1. The van der Waals surface area contributed by atoms with E-state index in [-0.39, 0.29) is 11.8 Å². The van der Waals surface area contributed by atoms with Crippen LogP contribution >= 0.6 is 11.8 Å². The number of methoxy groups -OCH3 is 1. The number of hydrogen-bond acceptors (Lipinski definition) is 4. The van der Waals surface area contributed by atoms with Crippen molar-refractivity contribution in [2.24, 2.45) is 0 Å². The molecule has 0 unspecified atom stereocenters. The van der Waals surface area contributed by atoms with Gasteiger partial charge in [0.25, 0.3) is 5.91 Å². The van der Waals surface area contributed by atoms with Crippen molar-refractivity contribution in [1.29, 1.82) is 0 Å². The number of ether oxygens (including phenoxy) is 1. The van der Waals surface area contributed by atoms with Gasteiger partial charge in [-0.05, 0) is 36.4 Å². The lowest BCUT2D eigenvalue weighted by Crippen LogP contribution is -2.41. The van der Waals surface area contributed by atoms with Gasteiger partial charge in [-0.3, -0.25) is 20.4 Å². The number of carbonyl (C=O) groups is 2. The summed E-state index contributed by atoms with van der Waals surface area (Å²) in [5, 5.41) is 0. The van der Waals surface area contributed by atoms with E-state index >= 15 is 0 Å². The first-order chi connectivity index (χ1) is 10.7. The molecule has 0 radical (unpaired) electrons. The molecule has 0 saturated heterocycles. The smallest absolute Gasteiger partial charge is 0.286 e. The molecule has 6 nitrogen and oxygen atoms in total. The van der Waals surface area contributed by atoms with Crippen LogP contribution in [-0.4, -0.2) is 29.7 Å². The normalized spacial score (nSPS) is 10.0. The highest BCUT2D eigenvalue weighted by Crippen LogP contribution is 2.21. The van der Waals surface area contributed by atoms with Gasteiger partial charge in [-0.2, -0.15) is 0 Å². The van der Waals surface area contributed by atoms with Crippen LogP contribution in [0.5, 0.6) is 5.75 Å². The first kappa shape index (κ1) is 16.0. The van der Waals surface area contributed by atoms with E-state index in [1.54, 1.807) is 37.2 Å². The molecule has 1 heterocycles. The highest BCUT2D eigenvalue weighted by molar-refractivity contribution is 7.99. The van der Waals surface area contributed by atoms with Crippen LogP contribution in [0.1, 0.15) is 16.9 Å². The molecule has 2 amide bonds. The second kappa shape index (κ2) is 8.14. The van der Waals surface area contributed by atoms with Gasteiger partial charge in [-0.15, -0.1) is 11.8 Å². The molecule has 2 rings (SSSR count). The molecule has 0 spiro atoms. The van der Waals surface area contributed by atoms with Crippen molar-refractivity contribution in [2.45, 2.75) is 11.3 Å². The Hall–Kier alpha value is -2.41. The Labute approximate surface area is 132 Å². The highest BCUT2D eigenvalue weighted by atomic mass is 32.2. The highest BCUT2D eigenvalue weighted by Gasteiger charge is 2.07. The van der Waals surface area contributed by atoms with Crippen LogP contribution in [0.25, 0.3) is 0 Å². The molecule has 2 aromatic rings. The fourth-order valence-corrected chi connectivity index (χ4v) is 2.51. The van der Waals surface area contributed by atoms with Crippen molar-refractivity contribution >= 4 is 23.6 Å². The van der Waals surface area contributed by atoms with Crippen molar-refractivity contribution in [3.05, 3.63) is 48.3 Å². The summed E-state index contributed by atoms with van der Waals surface area (Å²) in [5.41, 5.74) is 5.13. The van der Waals surface area contributed by atoms with Gasteiger partial charge in [0.2, 0.25) is 5.91 Å². The van der Waals surface area contributed by atoms with Gasteiger partial charge in [0.05, 0.1) is 7.11 Å². The topological polar surface area (TPSA) is 83.2 Å². The lowest BCUT2D eigenvalue weighted by Gasteiger charge is -2.06. The number of benzene rings is 1. The molecular weight excluding hydrogens is 302 g/mol. The van der Waals surface area contributed by atoms with Crippen LogP contribution in [0.4, 0.5) is 0 Å². The third kappa shape index (κ3) is 4.85. The van der Waals surface area contributed by atoms with Crippen molar-refractivity contribution < 1.29 is 14.3 Å². The fraction of sp³-hybridized carbons (Fsp3) is 0.200. The second-order valence-electron chi connectivity index (χ2n) is 4.36. The summed E-state index contributed by atoms with van der Waals surface area (Å²) >= 11 is 1.56. The van der Waals surface area contributed by atoms with Gasteiger partial charge < -0.3 is 9.72 Å². The Balaban J connectivity index is 1.66. The molecule has 3 N–H and O–H groups in total. The first-order valence-corrected chi connectivity index (χ1v) is 7.67. The van der Waals surface area contributed by atoms with Crippen molar-refractivity contribution in [1.82, 2.24) is 15.8 Å². The number of carbonyl (C=O) groups excluding carboxylic acids is 2. The minimum absolute atomic E-state index is 0.235. The van der Waals surface area contributed by atoms with Gasteiger partial charge >= 0.3 is 0 Å². The summed E-state index contributed by atoms with van der Waals surface area (Å²) in [6, 6.07) is 11.0. The monoisotopic (exact) mass is 319 g/mol. The summed E-state index contributed by atoms with van der Waals surface area (Å²) in [5.74, 6) is 0.812. The zero-order valence-electron chi connectivity index (χ0n) is 12.1. The molecule has 0 atom stereocenters. The molecule has 1 aromatic carbocycles. The molecule has 22 heavy (non-hydrogen) atoms. The SMILES string of the molecule is COc1ccc(SCCC(=O)NNC(=O)c2ccc[nH]2)cc1. The number of hydrazine groups is 1. The van der Waals surface area contributed by atoms with Gasteiger partial charge in [0.15, 0.2) is 0 Å². The first-order valence-electron chi connectivity index (χ1n) is 6.68. The molecule has 0 aliphatic heterocycles. The molecular formula is C15H17N3O3S. The van der Waals surface area contributed by atoms with E-state index in [0.29, 0.717) is 17.9 Å². The Morgan fingerprint density at radius 3 is 2.59 bits per heavy atom. The van der Waals surface area contributed by atoms with E-state index in [4.69, 9.17) is 4.74 Å². The number of amides is 2. The molecule has 0 saturated carbocycles. The molecule has 116 valence electrons. The van der Waals surface area contributed by atoms with Crippen molar-refractivity contribution in [2.75, 3.05) is 12.9 Å². The standard InChI is InChI=1S/C15H17N3O3S/c1-21-11-4-6-12(7-5-11)22-10-8-14(19)17-18-15(20)13-3-2-9-16-13/h2-7,9,16H,8,10H2,1H3,(H,17,19)(H,18,20). The van der Waals surface area contributed by atoms with Crippen LogP contribution in [0, 0.1) is 0 Å². The summed E-state index contributed by atoms with van der Waals surface area (Å²) in [4.78, 5) is 27.0. The lowest BCUT2D eigenvalue weighted by molar-refractivity contribution is -0.121. The molecule has 7 heteroatoms. The Morgan fingerprint density at radius 1 is 1.18 bits per heavy atom. The van der Waals surface area contributed by atoms with E-state index in [0.717, 1.165) is 10.6 Å². The van der Waals surface area contributed by atoms with Gasteiger partial charge in [-0.1, -0.05) is 0 Å². The predicted octanol–water partition coefficient (Wildman–Crippen LogP) is 1.97. The van der Waals surface area contributed by atoms with Crippen LogP contribution in [0.15, 0.2) is 47.5 Å². The number of thioether (sulfide) groups is 1. The number of hydrogen-bond donors (Lipinski definition) is 3. The Morgan fingerprint density at radius 2 is 1.95 bits per heavy atom. The average Bonchev–Trinajstić information content (AvgIpc) is 3.08. The molecule has 0 aliphatic carbocycles. The van der Waals surface area contributed by atoms with Crippen LogP contribution in [0.2, 0.25) is 0 Å². The summed E-state index contributed by atoms with van der Waals surface area (Å²) in [6.45, 7) is 0. The maximum absolute atomic E-state index is 11.6. The minimum Gasteiger partial charge on any atom is -0.497 e. The summed E-state index contributed by atoms with van der Waals surface area (Å²) < 4.78 is 5.08. The second-order valence-corrected chi connectivity index (χ2v) is 5.53. The Kier molecular flexibility index (Phi) is 5.91. The number of H-pyrrole nitrogens is 1. The quantitative estimate of drug-likeness (QED) is 0.561. The molecule has 1 aromatic heterocycles. The molecule has 0 bridgehead atoms. The number of nitrogens with one attached hydrogen (secondary N) is 3. The van der Waals surface area contributed by atoms with E-state index in [1.807, 2.05) is 24.3 Å². The summed E-state index contributed by atoms with van der Waals surface area (Å²) in [6.07, 6.45) is 1.95. The molecule has 0 aliphatic rings. The maximum atomic E-state index is 11.6. The zero-order chi connectivity index (χ0) is 15.8. The van der Waals surface area contributed by atoms with E-state index in [2.05, 4.69) is 15.8 Å². The van der Waals surface area contributed by atoms with Gasteiger partial charge in [0.1, 0.15) is 11.4 Å². The number of aromatic amines is 1. The average molecular weight is 319 g/mol. The third-order valence-corrected chi connectivity index (χ3v) is 3.83. The predicted molar refractivity (Wildman–Crippen MR) is 84.7 cm³/mol.